The van der Waals surface area contributed by atoms with E-state index < -0.39 is 10.0 Å². The van der Waals surface area contributed by atoms with Crippen LogP contribution in [0.3, 0.4) is 0 Å². The molecule has 0 amide bonds. The van der Waals surface area contributed by atoms with Crippen molar-refractivity contribution in [2.24, 2.45) is 5.10 Å². The Labute approximate surface area is 142 Å². The van der Waals surface area contributed by atoms with Gasteiger partial charge in [-0.1, -0.05) is 6.07 Å². The minimum Gasteiger partial charge on any atom is -0.497 e. The number of aryl methyl sites for hydroxylation is 2. The Hall–Kier alpha value is -2.54. The maximum atomic E-state index is 12.3. The molecule has 0 aromatic heterocycles. The summed E-state index contributed by atoms with van der Waals surface area (Å²) in [7, 11) is -0.652. The summed E-state index contributed by atoms with van der Waals surface area (Å²) in [6.07, 6.45) is 1.37. The second kappa shape index (κ2) is 7.35. The third-order valence-corrected chi connectivity index (χ3v) is 4.82. The van der Waals surface area contributed by atoms with Crippen molar-refractivity contribution in [2.75, 3.05) is 14.2 Å². The molecule has 7 heteroatoms. The Balaban J connectivity index is 2.22. The molecule has 24 heavy (non-hydrogen) atoms. The van der Waals surface area contributed by atoms with E-state index in [1.807, 2.05) is 13.8 Å². The molecule has 0 heterocycles. The minimum atomic E-state index is -3.72. The van der Waals surface area contributed by atoms with Gasteiger partial charge in [-0.3, -0.25) is 0 Å². The van der Waals surface area contributed by atoms with Crippen LogP contribution in [-0.4, -0.2) is 28.9 Å². The number of hydrazone groups is 1. The molecule has 0 radical (unpaired) electrons. The van der Waals surface area contributed by atoms with Crippen LogP contribution in [0, 0.1) is 13.8 Å². The number of hydrogen-bond acceptors (Lipinski definition) is 5. The fourth-order valence-corrected chi connectivity index (χ4v) is 2.92. The van der Waals surface area contributed by atoms with Gasteiger partial charge in [0, 0.05) is 5.56 Å². The first-order valence-electron chi connectivity index (χ1n) is 7.21. The summed E-state index contributed by atoms with van der Waals surface area (Å²) in [4.78, 5) is 2.37. The van der Waals surface area contributed by atoms with E-state index in [2.05, 4.69) is 9.93 Å². The van der Waals surface area contributed by atoms with Gasteiger partial charge in [-0.15, -0.1) is 0 Å². The Bertz CT molecular complexity index is 861. The highest BCUT2D eigenvalue weighted by Crippen LogP contribution is 2.22. The third-order valence-electron chi connectivity index (χ3n) is 3.60. The Kier molecular flexibility index (Phi) is 5.46. The quantitative estimate of drug-likeness (QED) is 0.643. The normalized spacial score (nSPS) is 11.5. The molecule has 6 nitrogen and oxygen atoms in total. The lowest BCUT2D eigenvalue weighted by atomic mass is 10.1. The van der Waals surface area contributed by atoms with Gasteiger partial charge in [0.2, 0.25) is 0 Å². The van der Waals surface area contributed by atoms with Crippen LogP contribution >= 0.6 is 0 Å². The fraction of sp³-hybridized carbons (Fsp3) is 0.235. The molecule has 0 bridgehead atoms. The smallest absolute Gasteiger partial charge is 0.276 e. The predicted molar refractivity (Wildman–Crippen MR) is 93.4 cm³/mol. The molecule has 0 unspecified atom stereocenters. The highest BCUT2D eigenvalue weighted by Gasteiger charge is 2.13. The fourth-order valence-electron chi connectivity index (χ4n) is 2.04. The van der Waals surface area contributed by atoms with Gasteiger partial charge in [0.1, 0.15) is 11.5 Å². The zero-order chi connectivity index (χ0) is 17.7. The van der Waals surface area contributed by atoms with Crippen molar-refractivity contribution in [1.82, 2.24) is 4.83 Å². The van der Waals surface area contributed by atoms with Gasteiger partial charge in [0.15, 0.2) is 0 Å². The Morgan fingerprint density at radius 2 is 1.75 bits per heavy atom. The zero-order valence-electron chi connectivity index (χ0n) is 14.0. The number of methoxy groups -OCH3 is 2. The SMILES string of the molecule is COc1ccc(OC)c(/C=N/NS(=O)(=O)c2ccc(C)c(C)c2)c1. The number of sulfonamides is 1. The summed E-state index contributed by atoms with van der Waals surface area (Å²) < 4.78 is 34.9. The van der Waals surface area contributed by atoms with Crippen LogP contribution in [-0.2, 0) is 10.0 Å². The molecule has 2 rings (SSSR count). The number of hydrogen-bond donors (Lipinski definition) is 1. The number of rotatable bonds is 6. The van der Waals surface area contributed by atoms with Gasteiger partial charge < -0.3 is 9.47 Å². The summed E-state index contributed by atoms with van der Waals surface area (Å²) in [6.45, 7) is 3.78. The molecule has 0 aliphatic rings. The molecule has 0 saturated heterocycles. The summed E-state index contributed by atoms with van der Waals surface area (Å²) in [5, 5.41) is 3.83. The van der Waals surface area contributed by atoms with E-state index in [0.717, 1.165) is 11.1 Å². The molecule has 0 aliphatic carbocycles. The van der Waals surface area contributed by atoms with Gasteiger partial charge in [0.05, 0.1) is 25.3 Å². The molecule has 0 atom stereocenters. The van der Waals surface area contributed by atoms with Gasteiger partial charge in [-0.2, -0.15) is 13.5 Å². The van der Waals surface area contributed by atoms with Crippen LogP contribution < -0.4 is 14.3 Å². The highest BCUT2D eigenvalue weighted by atomic mass is 32.2. The maximum Gasteiger partial charge on any atom is 0.276 e. The Morgan fingerprint density at radius 3 is 2.38 bits per heavy atom. The van der Waals surface area contributed by atoms with E-state index in [1.54, 1.807) is 43.5 Å². The van der Waals surface area contributed by atoms with Crippen LogP contribution in [0.1, 0.15) is 16.7 Å². The van der Waals surface area contributed by atoms with Crippen molar-refractivity contribution in [2.45, 2.75) is 18.7 Å². The molecule has 0 fully saturated rings. The monoisotopic (exact) mass is 348 g/mol. The number of ether oxygens (including phenoxy) is 2. The molecule has 128 valence electrons. The third kappa shape index (κ3) is 4.05. The van der Waals surface area contributed by atoms with Gasteiger partial charge >= 0.3 is 0 Å². The van der Waals surface area contributed by atoms with Gasteiger partial charge in [-0.05, 0) is 55.3 Å². The van der Waals surface area contributed by atoms with Crippen LogP contribution in [0.15, 0.2) is 46.4 Å². The van der Waals surface area contributed by atoms with E-state index in [-0.39, 0.29) is 4.90 Å². The van der Waals surface area contributed by atoms with E-state index in [1.165, 1.54) is 13.3 Å². The zero-order valence-corrected chi connectivity index (χ0v) is 14.8. The lowest BCUT2D eigenvalue weighted by Crippen LogP contribution is -2.18. The van der Waals surface area contributed by atoms with Gasteiger partial charge in [0.25, 0.3) is 10.0 Å². The van der Waals surface area contributed by atoms with Crippen LogP contribution in [0.2, 0.25) is 0 Å². The number of benzene rings is 2. The van der Waals surface area contributed by atoms with Crippen LogP contribution in [0.25, 0.3) is 0 Å². The second-order valence-corrected chi connectivity index (χ2v) is 6.87. The minimum absolute atomic E-state index is 0.167. The number of nitrogens with one attached hydrogen (secondary N) is 1. The summed E-state index contributed by atoms with van der Waals surface area (Å²) >= 11 is 0. The van der Waals surface area contributed by atoms with Crippen molar-refractivity contribution >= 4 is 16.2 Å². The van der Waals surface area contributed by atoms with Crippen molar-refractivity contribution in [3.8, 4) is 11.5 Å². The van der Waals surface area contributed by atoms with Crippen molar-refractivity contribution in [1.29, 1.82) is 0 Å². The lowest BCUT2D eigenvalue weighted by molar-refractivity contribution is 0.402. The standard InChI is InChI=1S/C17H20N2O4S/c1-12-5-7-16(9-13(12)2)24(20,21)19-18-11-14-10-15(22-3)6-8-17(14)23-4/h5-11,19H,1-4H3/b18-11+. The molecule has 0 aliphatic heterocycles. The van der Waals surface area contributed by atoms with Crippen molar-refractivity contribution in [3.05, 3.63) is 53.1 Å². The topological polar surface area (TPSA) is 77.0 Å². The summed E-state index contributed by atoms with van der Waals surface area (Å²) in [6, 6.07) is 10.1. The lowest BCUT2D eigenvalue weighted by Gasteiger charge is -2.08. The molecule has 0 spiro atoms. The molecule has 2 aromatic rings. The second-order valence-electron chi connectivity index (χ2n) is 5.21. The maximum absolute atomic E-state index is 12.3. The Morgan fingerprint density at radius 1 is 1.00 bits per heavy atom. The van der Waals surface area contributed by atoms with E-state index in [4.69, 9.17) is 9.47 Å². The first-order valence-corrected chi connectivity index (χ1v) is 8.70. The summed E-state index contributed by atoms with van der Waals surface area (Å²) in [5.41, 5.74) is 2.52. The van der Waals surface area contributed by atoms with E-state index >= 15 is 0 Å². The van der Waals surface area contributed by atoms with E-state index in [0.29, 0.717) is 17.1 Å². The molecule has 2 aromatic carbocycles. The molecule has 0 saturated carbocycles. The van der Waals surface area contributed by atoms with Gasteiger partial charge in [-0.25, -0.2) is 4.83 Å². The van der Waals surface area contributed by atoms with E-state index in [9.17, 15) is 8.42 Å². The number of nitrogens with zero attached hydrogens (tertiary/aromatic N) is 1. The first-order chi connectivity index (χ1) is 11.4. The average Bonchev–Trinajstić information content (AvgIpc) is 2.57. The highest BCUT2D eigenvalue weighted by molar-refractivity contribution is 7.89. The molecular formula is C17H20N2O4S. The average molecular weight is 348 g/mol. The molecular weight excluding hydrogens is 328 g/mol. The first kappa shape index (κ1) is 17.8. The molecule has 1 N–H and O–H groups in total. The van der Waals surface area contributed by atoms with Crippen molar-refractivity contribution in [3.63, 3.8) is 0 Å². The largest absolute Gasteiger partial charge is 0.497 e. The van der Waals surface area contributed by atoms with Crippen molar-refractivity contribution < 1.29 is 17.9 Å². The van der Waals surface area contributed by atoms with Crippen LogP contribution in [0.5, 0.6) is 11.5 Å². The summed E-state index contributed by atoms with van der Waals surface area (Å²) in [5.74, 6) is 1.18. The predicted octanol–water partition coefficient (Wildman–Crippen LogP) is 2.63. The van der Waals surface area contributed by atoms with Crippen LogP contribution in [0.4, 0.5) is 0 Å².